The molecule has 0 aliphatic heterocycles. The first kappa shape index (κ1) is 41.7. The second kappa shape index (κ2) is 17.5. The van der Waals surface area contributed by atoms with E-state index in [0.29, 0.717) is 5.82 Å². The number of rotatable bonds is 9. The van der Waals surface area contributed by atoms with Gasteiger partial charge in [-0.05, 0) is 119 Å². The summed E-state index contributed by atoms with van der Waals surface area (Å²) in [6, 6.07) is 91.9. The van der Waals surface area contributed by atoms with Gasteiger partial charge in [0.15, 0.2) is 5.82 Å². The van der Waals surface area contributed by atoms with Crippen LogP contribution in [-0.4, -0.2) is 9.97 Å². The quantitative estimate of drug-likeness (QED) is 0.144. The van der Waals surface area contributed by atoms with E-state index in [4.69, 9.17) is 9.97 Å². The van der Waals surface area contributed by atoms with E-state index in [1.807, 2.05) is 24.3 Å². The van der Waals surface area contributed by atoms with E-state index < -0.39 is 0 Å². The highest BCUT2D eigenvalue weighted by Crippen LogP contribution is 2.51. The zero-order valence-electron chi connectivity index (χ0n) is 38.6. The minimum Gasteiger partial charge on any atom is -0.228 e. The molecule has 0 unspecified atom stereocenters. The molecule has 12 rings (SSSR count). The van der Waals surface area contributed by atoms with Gasteiger partial charge in [0.2, 0.25) is 0 Å². The molecule has 0 amide bonds. The molecule has 11 aromatic rings. The molecule has 0 saturated heterocycles. The fraction of sp³-hybridized carbons (Fsp3) is 0.0448. The van der Waals surface area contributed by atoms with Gasteiger partial charge < -0.3 is 0 Å². The molecule has 1 aromatic heterocycles. The van der Waals surface area contributed by atoms with Crippen molar-refractivity contribution in [2.45, 2.75) is 19.3 Å². The van der Waals surface area contributed by atoms with E-state index in [1.54, 1.807) is 0 Å². The molecule has 0 N–H and O–H groups in total. The lowest BCUT2D eigenvalue weighted by Crippen LogP contribution is -2.14. The topological polar surface area (TPSA) is 25.8 Å². The Morgan fingerprint density at radius 1 is 0.246 bits per heavy atom. The number of hydrogen-bond acceptors (Lipinski definition) is 2. The van der Waals surface area contributed by atoms with E-state index in [9.17, 15) is 0 Å². The number of hydrogen-bond donors (Lipinski definition) is 0. The standard InChI is InChI=1S/C67H48N2/c1-67(2)61-29-16-15-28-57(61)60-41-55(38-39-62(60)67)59-43-56(46-20-9-4-10-21-46)42-58(65(59)51-22-11-5-12-23-51)54-27-17-26-53(40-54)48-32-36-50(37-33-48)64-44-63(68-66(69-64)52-24-13-6-14-25-52)49-34-30-47(31-35-49)45-18-7-3-8-19-45/h3-44H,1-2H3. The van der Waals surface area contributed by atoms with E-state index in [-0.39, 0.29) is 5.41 Å². The average molecular weight is 881 g/mol. The zero-order valence-corrected chi connectivity index (χ0v) is 38.6. The summed E-state index contributed by atoms with van der Waals surface area (Å²) < 4.78 is 0. The molecule has 69 heavy (non-hydrogen) atoms. The van der Waals surface area contributed by atoms with Gasteiger partial charge in [-0.3, -0.25) is 0 Å². The Hall–Kier alpha value is -8.72. The van der Waals surface area contributed by atoms with Crippen molar-refractivity contribution in [2.24, 2.45) is 0 Å². The lowest BCUT2D eigenvalue weighted by Gasteiger charge is -2.22. The third kappa shape index (κ3) is 7.86. The summed E-state index contributed by atoms with van der Waals surface area (Å²) in [7, 11) is 0. The van der Waals surface area contributed by atoms with Crippen LogP contribution in [0, 0.1) is 0 Å². The lowest BCUT2D eigenvalue weighted by atomic mass is 9.81. The van der Waals surface area contributed by atoms with Crippen LogP contribution in [0.5, 0.6) is 0 Å². The average Bonchev–Trinajstić information content (AvgIpc) is 3.66. The second-order valence-electron chi connectivity index (χ2n) is 18.5. The SMILES string of the molecule is CC1(C)c2ccccc2-c2cc(-c3cc(-c4ccccc4)cc(-c4cccc(-c5ccc(-c6cc(-c7ccc(-c8ccccc8)cc7)nc(-c7ccccc7)n6)cc5)c4)c3-c3ccccc3)ccc21. The van der Waals surface area contributed by atoms with Crippen LogP contribution < -0.4 is 0 Å². The first-order valence-corrected chi connectivity index (χ1v) is 23.8. The van der Waals surface area contributed by atoms with Gasteiger partial charge >= 0.3 is 0 Å². The number of benzene rings is 10. The first-order valence-electron chi connectivity index (χ1n) is 23.8. The number of aromatic nitrogens is 2. The van der Waals surface area contributed by atoms with Gasteiger partial charge in [0, 0.05) is 22.1 Å². The molecule has 0 atom stereocenters. The van der Waals surface area contributed by atoms with Crippen molar-refractivity contribution in [3.63, 3.8) is 0 Å². The molecule has 326 valence electrons. The fourth-order valence-electron chi connectivity index (χ4n) is 10.3. The van der Waals surface area contributed by atoms with Crippen molar-refractivity contribution in [1.82, 2.24) is 9.97 Å². The molecular weight excluding hydrogens is 833 g/mol. The predicted octanol–water partition coefficient (Wildman–Crippen LogP) is 17.8. The minimum absolute atomic E-state index is 0.0683. The molecular formula is C67H48N2. The van der Waals surface area contributed by atoms with Crippen LogP contribution in [0.15, 0.2) is 255 Å². The molecule has 10 aromatic carbocycles. The fourth-order valence-corrected chi connectivity index (χ4v) is 10.3. The van der Waals surface area contributed by atoms with Crippen LogP contribution in [0.2, 0.25) is 0 Å². The monoisotopic (exact) mass is 880 g/mol. The third-order valence-corrected chi connectivity index (χ3v) is 13.9. The summed E-state index contributed by atoms with van der Waals surface area (Å²) in [5.41, 5.74) is 24.3. The van der Waals surface area contributed by atoms with Crippen molar-refractivity contribution in [2.75, 3.05) is 0 Å². The molecule has 2 nitrogen and oxygen atoms in total. The number of nitrogens with zero attached hydrogens (tertiary/aromatic N) is 2. The van der Waals surface area contributed by atoms with Crippen molar-refractivity contribution in [3.05, 3.63) is 266 Å². The predicted molar refractivity (Wildman–Crippen MR) is 289 cm³/mol. The van der Waals surface area contributed by atoms with Crippen LogP contribution in [0.4, 0.5) is 0 Å². The van der Waals surface area contributed by atoms with Crippen molar-refractivity contribution >= 4 is 0 Å². The Morgan fingerprint density at radius 2 is 0.638 bits per heavy atom. The molecule has 1 aliphatic rings. The Morgan fingerprint density at radius 3 is 1.23 bits per heavy atom. The maximum absolute atomic E-state index is 5.15. The van der Waals surface area contributed by atoms with Gasteiger partial charge in [0.05, 0.1) is 11.4 Å². The van der Waals surface area contributed by atoms with E-state index >= 15 is 0 Å². The molecule has 0 bridgehead atoms. The summed E-state index contributed by atoms with van der Waals surface area (Å²) >= 11 is 0. The van der Waals surface area contributed by atoms with Crippen LogP contribution in [0.1, 0.15) is 25.0 Å². The molecule has 2 heteroatoms. The molecule has 0 spiro atoms. The van der Waals surface area contributed by atoms with Crippen molar-refractivity contribution < 1.29 is 0 Å². The molecule has 0 saturated carbocycles. The first-order chi connectivity index (χ1) is 33.9. The van der Waals surface area contributed by atoms with Gasteiger partial charge in [-0.1, -0.05) is 238 Å². The second-order valence-corrected chi connectivity index (χ2v) is 18.5. The molecule has 1 heterocycles. The molecule has 0 radical (unpaired) electrons. The van der Waals surface area contributed by atoms with Gasteiger partial charge in [0.1, 0.15) is 0 Å². The van der Waals surface area contributed by atoms with Gasteiger partial charge in [-0.25, -0.2) is 9.97 Å². The summed E-state index contributed by atoms with van der Waals surface area (Å²) in [5, 5.41) is 0. The zero-order chi connectivity index (χ0) is 46.3. The summed E-state index contributed by atoms with van der Waals surface area (Å²) in [4.78, 5) is 10.3. The van der Waals surface area contributed by atoms with Gasteiger partial charge in [-0.15, -0.1) is 0 Å². The minimum atomic E-state index is -0.0683. The maximum Gasteiger partial charge on any atom is 0.160 e. The Bertz CT molecular complexity index is 3630. The largest absolute Gasteiger partial charge is 0.228 e. The van der Waals surface area contributed by atoms with Crippen LogP contribution in [-0.2, 0) is 5.41 Å². The molecule has 0 fully saturated rings. The Kier molecular flexibility index (Phi) is 10.6. The van der Waals surface area contributed by atoms with Crippen molar-refractivity contribution in [3.8, 4) is 112 Å². The summed E-state index contributed by atoms with van der Waals surface area (Å²) in [6.07, 6.45) is 0. The van der Waals surface area contributed by atoms with Crippen LogP contribution in [0.3, 0.4) is 0 Å². The van der Waals surface area contributed by atoms with E-state index in [1.165, 1.54) is 72.3 Å². The number of fused-ring (bicyclic) bond motifs is 3. The summed E-state index contributed by atoms with van der Waals surface area (Å²) in [6.45, 7) is 4.70. The highest BCUT2D eigenvalue weighted by Gasteiger charge is 2.35. The normalized spacial score (nSPS) is 12.3. The highest BCUT2D eigenvalue weighted by molar-refractivity contribution is 5.99. The van der Waals surface area contributed by atoms with Gasteiger partial charge in [0.25, 0.3) is 0 Å². The van der Waals surface area contributed by atoms with E-state index in [2.05, 4.69) is 244 Å². The van der Waals surface area contributed by atoms with Crippen LogP contribution >= 0.6 is 0 Å². The van der Waals surface area contributed by atoms with Crippen molar-refractivity contribution in [1.29, 1.82) is 0 Å². The van der Waals surface area contributed by atoms with Crippen LogP contribution in [0.25, 0.3) is 112 Å². The van der Waals surface area contributed by atoms with E-state index in [0.717, 1.165) is 44.8 Å². The highest BCUT2D eigenvalue weighted by atomic mass is 14.9. The Balaban J connectivity index is 0.957. The third-order valence-electron chi connectivity index (χ3n) is 13.9. The Labute approximate surface area is 405 Å². The molecule has 1 aliphatic carbocycles. The maximum atomic E-state index is 5.15. The smallest absolute Gasteiger partial charge is 0.160 e. The lowest BCUT2D eigenvalue weighted by molar-refractivity contribution is 0.660. The summed E-state index contributed by atoms with van der Waals surface area (Å²) in [5.74, 6) is 0.701. The van der Waals surface area contributed by atoms with Gasteiger partial charge in [-0.2, -0.15) is 0 Å².